The molecule has 0 bridgehead atoms. The van der Waals surface area contributed by atoms with E-state index in [1.54, 1.807) is 37.4 Å². The molecule has 1 atom stereocenters. The van der Waals surface area contributed by atoms with Crippen molar-refractivity contribution in [3.8, 4) is 0 Å². The highest BCUT2D eigenvalue weighted by molar-refractivity contribution is 7.89. The third-order valence-electron chi connectivity index (χ3n) is 5.27. The second-order valence-electron chi connectivity index (χ2n) is 7.20. The van der Waals surface area contributed by atoms with E-state index in [9.17, 15) is 17.6 Å². The van der Waals surface area contributed by atoms with E-state index in [0.29, 0.717) is 38.3 Å². The molecule has 3 rings (SSSR count). The Morgan fingerprint density at radius 1 is 1.31 bits per heavy atom. The Labute approximate surface area is 170 Å². The number of nitrogens with zero attached hydrogens (tertiary/aromatic N) is 3. The number of nitrogens with two attached hydrogens (primary N) is 1. The van der Waals surface area contributed by atoms with E-state index in [1.165, 1.54) is 10.4 Å². The van der Waals surface area contributed by atoms with E-state index >= 15 is 0 Å². The van der Waals surface area contributed by atoms with E-state index in [-0.39, 0.29) is 12.3 Å². The average molecular weight is 424 g/mol. The second-order valence-corrected chi connectivity index (χ2v) is 9.46. The van der Waals surface area contributed by atoms with Gasteiger partial charge in [0, 0.05) is 44.5 Å². The molecule has 0 radical (unpaired) electrons. The number of nitrogens with one attached hydrogen (secondary N) is 1. The molecule has 1 saturated heterocycles. The van der Waals surface area contributed by atoms with Crippen molar-refractivity contribution in [2.75, 3.05) is 38.5 Å². The first kappa shape index (κ1) is 21.4. The lowest BCUT2D eigenvalue weighted by molar-refractivity contribution is 0.181. The molecular weight excluding hydrogens is 397 g/mol. The van der Waals surface area contributed by atoms with Gasteiger partial charge in [0.2, 0.25) is 10.0 Å². The Balaban J connectivity index is 1.77. The van der Waals surface area contributed by atoms with Crippen molar-refractivity contribution in [2.24, 2.45) is 10.7 Å². The number of rotatable bonds is 6. The standard InChI is InChI=1S/C19H26FN5O3S/c1-2-29(27,28)25-10-8-24(9-11-25)13-15-4-5-17(20)16(12-15)19(23-18(21)26)6-3-7-22-14-19/h3-7,12H,2,8-11,13-14H2,1H3,(H3,21,23,26). The maximum atomic E-state index is 14.7. The number of carbonyl (C=O) groups excluding carboxylic acids is 1. The number of primary amides is 1. The molecule has 3 N–H and O–H groups in total. The Hall–Kier alpha value is -2.30. The molecule has 0 aliphatic carbocycles. The molecule has 1 aromatic rings. The molecule has 2 amide bonds. The predicted octanol–water partition coefficient (Wildman–Crippen LogP) is 0.797. The van der Waals surface area contributed by atoms with Crippen molar-refractivity contribution in [3.63, 3.8) is 0 Å². The molecule has 10 heteroatoms. The minimum absolute atomic E-state index is 0.0965. The van der Waals surface area contributed by atoms with Crippen molar-refractivity contribution in [2.45, 2.75) is 19.0 Å². The van der Waals surface area contributed by atoms with E-state index in [2.05, 4.69) is 15.2 Å². The van der Waals surface area contributed by atoms with Crippen molar-refractivity contribution in [1.82, 2.24) is 14.5 Å². The van der Waals surface area contributed by atoms with Crippen LogP contribution in [0.3, 0.4) is 0 Å². The maximum Gasteiger partial charge on any atom is 0.313 e. The summed E-state index contributed by atoms with van der Waals surface area (Å²) in [4.78, 5) is 17.8. The quantitative estimate of drug-likeness (QED) is 0.705. The van der Waals surface area contributed by atoms with Gasteiger partial charge < -0.3 is 11.1 Å². The summed E-state index contributed by atoms with van der Waals surface area (Å²) >= 11 is 0. The minimum Gasteiger partial charge on any atom is -0.352 e. The molecule has 1 fully saturated rings. The topological polar surface area (TPSA) is 108 Å². The maximum absolute atomic E-state index is 14.7. The highest BCUT2D eigenvalue weighted by Crippen LogP contribution is 2.29. The number of carbonyl (C=O) groups is 1. The summed E-state index contributed by atoms with van der Waals surface area (Å²) in [7, 11) is -3.18. The van der Waals surface area contributed by atoms with Gasteiger partial charge in [0.1, 0.15) is 11.4 Å². The second kappa shape index (κ2) is 8.60. The van der Waals surface area contributed by atoms with Crippen LogP contribution in [0.4, 0.5) is 9.18 Å². The molecule has 1 unspecified atom stereocenters. The normalized spacial score (nSPS) is 23.2. The zero-order chi connectivity index (χ0) is 21.1. The number of piperazine rings is 1. The lowest BCUT2D eigenvalue weighted by Crippen LogP contribution is -2.50. The summed E-state index contributed by atoms with van der Waals surface area (Å²) in [5, 5.41) is 2.62. The third-order valence-corrected chi connectivity index (χ3v) is 7.15. The Bertz CT molecular complexity index is 926. The number of halogens is 1. The van der Waals surface area contributed by atoms with Gasteiger partial charge in [-0.3, -0.25) is 9.89 Å². The first-order chi connectivity index (χ1) is 13.8. The van der Waals surface area contributed by atoms with Crippen LogP contribution >= 0.6 is 0 Å². The number of urea groups is 1. The largest absolute Gasteiger partial charge is 0.352 e. The summed E-state index contributed by atoms with van der Waals surface area (Å²) in [6.07, 6.45) is 4.92. The number of allylic oxidation sites excluding steroid dienone is 1. The average Bonchev–Trinajstić information content (AvgIpc) is 2.70. The highest BCUT2D eigenvalue weighted by Gasteiger charge is 2.34. The molecule has 0 spiro atoms. The van der Waals surface area contributed by atoms with Crippen LogP contribution < -0.4 is 11.1 Å². The fourth-order valence-corrected chi connectivity index (χ4v) is 4.76. The first-order valence-electron chi connectivity index (χ1n) is 9.50. The van der Waals surface area contributed by atoms with Gasteiger partial charge in [-0.05, 0) is 30.7 Å². The van der Waals surface area contributed by atoms with Gasteiger partial charge in [-0.1, -0.05) is 12.1 Å². The molecule has 1 aromatic carbocycles. The zero-order valence-corrected chi connectivity index (χ0v) is 17.2. The van der Waals surface area contributed by atoms with Crippen LogP contribution in [0.1, 0.15) is 18.1 Å². The van der Waals surface area contributed by atoms with E-state index in [0.717, 1.165) is 5.56 Å². The molecule has 0 aromatic heterocycles. The van der Waals surface area contributed by atoms with Crippen molar-refractivity contribution in [1.29, 1.82) is 0 Å². The molecule has 2 heterocycles. The van der Waals surface area contributed by atoms with Crippen LogP contribution in [0.25, 0.3) is 0 Å². The zero-order valence-electron chi connectivity index (χ0n) is 16.3. The number of benzene rings is 1. The SMILES string of the molecule is CCS(=O)(=O)N1CCN(Cc2ccc(F)c(C3(NC(N)=O)C=CC=NC3)c2)CC1. The van der Waals surface area contributed by atoms with E-state index < -0.39 is 27.4 Å². The van der Waals surface area contributed by atoms with Crippen LogP contribution in [-0.4, -0.2) is 68.3 Å². The van der Waals surface area contributed by atoms with Gasteiger partial charge in [-0.2, -0.15) is 4.31 Å². The Morgan fingerprint density at radius 2 is 2.03 bits per heavy atom. The number of amides is 2. The van der Waals surface area contributed by atoms with Crippen molar-refractivity contribution in [3.05, 3.63) is 47.3 Å². The van der Waals surface area contributed by atoms with Gasteiger partial charge in [0.05, 0.1) is 12.3 Å². The van der Waals surface area contributed by atoms with Gasteiger partial charge in [-0.15, -0.1) is 0 Å². The Morgan fingerprint density at radius 3 is 2.62 bits per heavy atom. The van der Waals surface area contributed by atoms with Crippen LogP contribution in [0.5, 0.6) is 0 Å². The number of hydrogen-bond acceptors (Lipinski definition) is 5. The van der Waals surface area contributed by atoms with Crippen molar-refractivity contribution >= 4 is 22.3 Å². The molecular formula is C19H26FN5O3S. The molecule has 29 heavy (non-hydrogen) atoms. The summed E-state index contributed by atoms with van der Waals surface area (Å²) in [6, 6.07) is 4.02. The van der Waals surface area contributed by atoms with E-state index in [4.69, 9.17) is 5.73 Å². The third kappa shape index (κ3) is 4.82. The number of sulfonamides is 1. The number of hydrogen-bond donors (Lipinski definition) is 2. The summed E-state index contributed by atoms with van der Waals surface area (Å²) in [5.74, 6) is -0.359. The van der Waals surface area contributed by atoms with Crippen LogP contribution in [-0.2, 0) is 22.1 Å². The molecule has 2 aliphatic rings. The van der Waals surface area contributed by atoms with Gasteiger partial charge in [0.15, 0.2) is 0 Å². The monoisotopic (exact) mass is 423 g/mol. The highest BCUT2D eigenvalue weighted by atomic mass is 32.2. The minimum atomic E-state index is -3.18. The number of aliphatic imine (C=N–C) groups is 1. The van der Waals surface area contributed by atoms with E-state index in [1.807, 2.05) is 0 Å². The van der Waals surface area contributed by atoms with Crippen LogP contribution in [0, 0.1) is 5.82 Å². The predicted molar refractivity (Wildman–Crippen MR) is 110 cm³/mol. The lowest BCUT2D eigenvalue weighted by atomic mass is 9.86. The lowest BCUT2D eigenvalue weighted by Gasteiger charge is -2.35. The van der Waals surface area contributed by atoms with Gasteiger partial charge in [0.25, 0.3) is 0 Å². The summed E-state index contributed by atoms with van der Waals surface area (Å²) in [5.41, 5.74) is 5.36. The van der Waals surface area contributed by atoms with Crippen LogP contribution in [0.15, 0.2) is 35.3 Å². The fraction of sp³-hybridized carbons (Fsp3) is 0.474. The van der Waals surface area contributed by atoms with Gasteiger partial charge >= 0.3 is 6.03 Å². The van der Waals surface area contributed by atoms with Gasteiger partial charge in [-0.25, -0.2) is 17.6 Å². The molecule has 158 valence electrons. The smallest absolute Gasteiger partial charge is 0.313 e. The summed E-state index contributed by atoms with van der Waals surface area (Å²) in [6.45, 7) is 4.42. The Kier molecular flexibility index (Phi) is 6.35. The molecule has 0 saturated carbocycles. The first-order valence-corrected chi connectivity index (χ1v) is 11.1. The van der Waals surface area contributed by atoms with Crippen molar-refractivity contribution < 1.29 is 17.6 Å². The molecule has 8 nitrogen and oxygen atoms in total. The molecule has 2 aliphatic heterocycles. The fourth-order valence-electron chi connectivity index (χ4n) is 3.68. The summed E-state index contributed by atoms with van der Waals surface area (Å²) < 4.78 is 40.2. The number of dihydropyridines is 1. The van der Waals surface area contributed by atoms with Crippen LogP contribution in [0.2, 0.25) is 0 Å².